The van der Waals surface area contributed by atoms with Gasteiger partial charge in [0.2, 0.25) is 0 Å². The molecule has 5 N–H and O–H groups in total. The average molecular weight is 348 g/mol. The van der Waals surface area contributed by atoms with Gasteiger partial charge in [0.25, 0.3) is 0 Å². The zero-order chi connectivity index (χ0) is 18.4. The Bertz CT molecular complexity index is 377. The fraction of sp³-hybridized carbons (Fsp3) is 0.786. The molecule has 0 unspecified atom stereocenters. The first-order valence-corrected chi connectivity index (χ1v) is 8.03. The Hall–Kier alpha value is -1.75. The molecule has 10 heteroatoms. The maximum Gasteiger partial charge on any atom is 0.320 e. The molecule has 0 saturated heterocycles. The number of hydrogen-bond acceptors (Lipinski definition) is 7. The van der Waals surface area contributed by atoms with Gasteiger partial charge in [-0.25, -0.2) is 10.4 Å². The Balaban J connectivity index is 4.33. The fourth-order valence-electron chi connectivity index (χ4n) is 2.02. The lowest BCUT2D eigenvalue weighted by Crippen LogP contribution is -2.59. The summed E-state index contributed by atoms with van der Waals surface area (Å²) in [6.07, 6.45) is 6.58. The van der Waals surface area contributed by atoms with E-state index in [0.717, 1.165) is 29.4 Å². The minimum Gasteiger partial charge on any atom is -0.480 e. The minimum atomic E-state index is -1.26. The molecule has 0 aliphatic carbocycles. The van der Waals surface area contributed by atoms with Crippen molar-refractivity contribution in [3.63, 3.8) is 0 Å². The summed E-state index contributed by atoms with van der Waals surface area (Å²) in [4.78, 5) is 32.5. The molecule has 0 heterocycles. The van der Waals surface area contributed by atoms with Crippen molar-refractivity contribution in [2.75, 3.05) is 26.2 Å². The monoisotopic (exact) mass is 348 g/mol. The van der Waals surface area contributed by atoms with E-state index in [1.54, 1.807) is 0 Å². The number of nitrogens with zero attached hydrogens (tertiary/aromatic N) is 2. The standard InChI is InChI=1S/C14H28N4O6/c1-2-3-4-5-6-7-8-15-16-18(11-14(23)24)17(9-12(19)20)10-13(21)22/h15-16H,2-11H2,1H3,(H,19,20)(H,21,22)(H,23,24). The second-order valence-corrected chi connectivity index (χ2v) is 5.37. The summed E-state index contributed by atoms with van der Waals surface area (Å²) >= 11 is 0. The zero-order valence-electron chi connectivity index (χ0n) is 14.0. The van der Waals surface area contributed by atoms with Gasteiger partial charge in [0, 0.05) is 6.54 Å². The Kier molecular flexibility index (Phi) is 12.7. The molecule has 0 amide bonds. The van der Waals surface area contributed by atoms with E-state index in [0.29, 0.717) is 6.54 Å². The lowest BCUT2D eigenvalue weighted by molar-refractivity contribution is -0.166. The Labute approximate surface area is 141 Å². The molecule has 0 aromatic carbocycles. The van der Waals surface area contributed by atoms with Crippen molar-refractivity contribution < 1.29 is 29.7 Å². The predicted octanol–water partition coefficient (Wildman–Crippen LogP) is 0.129. The van der Waals surface area contributed by atoms with Crippen LogP contribution in [0.5, 0.6) is 0 Å². The number of hydrazine groups is 3. The highest BCUT2D eigenvalue weighted by atomic mass is 16.4. The van der Waals surface area contributed by atoms with E-state index >= 15 is 0 Å². The first-order valence-electron chi connectivity index (χ1n) is 8.03. The summed E-state index contributed by atoms with van der Waals surface area (Å²) < 4.78 is 0. The zero-order valence-corrected chi connectivity index (χ0v) is 14.0. The largest absolute Gasteiger partial charge is 0.480 e. The number of aliphatic carboxylic acids is 3. The van der Waals surface area contributed by atoms with E-state index in [1.807, 2.05) is 0 Å². The molecule has 0 aromatic rings. The smallest absolute Gasteiger partial charge is 0.320 e. The third kappa shape index (κ3) is 12.8. The quantitative estimate of drug-likeness (QED) is 0.193. The molecule has 0 fully saturated rings. The Morgan fingerprint density at radius 1 is 0.792 bits per heavy atom. The van der Waals surface area contributed by atoms with Crippen LogP contribution in [0.4, 0.5) is 0 Å². The number of unbranched alkanes of at least 4 members (excludes halogenated alkanes) is 5. The molecule has 0 aliphatic heterocycles. The number of rotatable bonds is 16. The topological polar surface area (TPSA) is 142 Å². The van der Waals surface area contributed by atoms with E-state index in [4.69, 9.17) is 15.3 Å². The highest BCUT2D eigenvalue weighted by molar-refractivity contribution is 5.73. The SMILES string of the molecule is CCCCCCCCNNN(CC(=O)O)N(CC(=O)O)CC(=O)O. The second-order valence-electron chi connectivity index (χ2n) is 5.37. The van der Waals surface area contributed by atoms with Crippen molar-refractivity contribution in [1.82, 2.24) is 21.1 Å². The maximum atomic E-state index is 10.9. The highest BCUT2D eigenvalue weighted by Crippen LogP contribution is 2.04. The van der Waals surface area contributed by atoms with E-state index < -0.39 is 37.5 Å². The van der Waals surface area contributed by atoms with Gasteiger partial charge in [0.1, 0.15) is 19.6 Å². The van der Waals surface area contributed by atoms with Crippen LogP contribution >= 0.6 is 0 Å². The van der Waals surface area contributed by atoms with Crippen LogP contribution < -0.4 is 11.0 Å². The van der Waals surface area contributed by atoms with Crippen LogP contribution in [0.15, 0.2) is 0 Å². The minimum absolute atomic E-state index is 0.552. The number of carboxylic acid groups (broad SMARTS) is 3. The van der Waals surface area contributed by atoms with Gasteiger partial charge in [-0.15, -0.1) is 0 Å². The van der Waals surface area contributed by atoms with Gasteiger partial charge >= 0.3 is 17.9 Å². The third-order valence-corrected chi connectivity index (χ3v) is 3.13. The summed E-state index contributed by atoms with van der Waals surface area (Å²) in [6, 6.07) is 0. The van der Waals surface area contributed by atoms with Gasteiger partial charge in [-0.1, -0.05) is 39.0 Å². The van der Waals surface area contributed by atoms with Crippen LogP contribution in [-0.2, 0) is 14.4 Å². The summed E-state index contributed by atoms with van der Waals surface area (Å²) in [6.45, 7) is 0.847. The van der Waals surface area contributed by atoms with Gasteiger partial charge in [0.05, 0.1) is 0 Å². The van der Waals surface area contributed by atoms with Gasteiger partial charge in [-0.3, -0.25) is 14.4 Å². The number of hydrogen-bond donors (Lipinski definition) is 5. The average Bonchev–Trinajstić information content (AvgIpc) is 2.46. The summed E-state index contributed by atoms with van der Waals surface area (Å²) in [5, 5.41) is 28.4. The van der Waals surface area contributed by atoms with Crippen LogP contribution in [0, 0.1) is 0 Å². The van der Waals surface area contributed by atoms with Crippen molar-refractivity contribution in [1.29, 1.82) is 0 Å². The second kappa shape index (κ2) is 13.7. The normalized spacial score (nSPS) is 11.1. The van der Waals surface area contributed by atoms with Crippen LogP contribution in [-0.4, -0.2) is 69.5 Å². The fourth-order valence-corrected chi connectivity index (χ4v) is 2.02. The molecule has 0 radical (unpaired) electrons. The maximum absolute atomic E-state index is 10.9. The predicted molar refractivity (Wildman–Crippen MR) is 85.7 cm³/mol. The van der Waals surface area contributed by atoms with E-state index in [1.165, 1.54) is 19.3 Å². The summed E-state index contributed by atoms with van der Waals surface area (Å²) in [7, 11) is 0. The lowest BCUT2D eigenvalue weighted by atomic mass is 10.1. The number of carboxylic acids is 3. The molecule has 0 atom stereocenters. The molecule has 24 heavy (non-hydrogen) atoms. The summed E-state index contributed by atoms with van der Waals surface area (Å²) in [5.41, 5.74) is 5.36. The molecule has 0 spiro atoms. The van der Waals surface area contributed by atoms with Crippen molar-refractivity contribution in [3.05, 3.63) is 0 Å². The van der Waals surface area contributed by atoms with E-state index in [2.05, 4.69) is 17.9 Å². The van der Waals surface area contributed by atoms with E-state index in [-0.39, 0.29) is 0 Å². The first-order chi connectivity index (χ1) is 11.4. The van der Waals surface area contributed by atoms with Crippen LogP contribution in [0.25, 0.3) is 0 Å². The van der Waals surface area contributed by atoms with E-state index in [9.17, 15) is 14.4 Å². The molecule has 10 nitrogen and oxygen atoms in total. The van der Waals surface area contributed by atoms with Crippen LogP contribution in [0.1, 0.15) is 45.4 Å². The number of carbonyl (C=O) groups is 3. The third-order valence-electron chi connectivity index (χ3n) is 3.13. The molecule has 0 bridgehead atoms. The number of nitrogens with one attached hydrogen (secondary N) is 2. The molecule has 0 aromatic heterocycles. The first kappa shape index (κ1) is 22.2. The molecular formula is C14H28N4O6. The van der Waals surface area contributed by atoms with Gasteiger partial charge in [-0.2, -0.15) is 10.7 Å². The molecule has 140 valence electrons. The van der Waals surface area contributed by atoms with Crippen molar-refractivity contribution in [2.24, 2.45) is 0 Å². The van der Waals surface area contributed by atoms with Crippen LogP contribution in [0.3, 0.4) is 0 Å². The van der Waals surface area contributed by atoms with Crippen molar-refractivity contribution in [3.8, 4) is 0 Å². The Morgan fingerprint density at radius 3 is 1.79 bits per heavy atom. The van der Waals surface area contributed by atoms with Gasteiger partial charge < -0.3 is 15.3 Å². The van der Waals surface area contributed by atoms with Crippen molar-refractivity contribution in [2.45, 2.75) is 45.4 Å². The van der Waals surface area contributed by atoms with Gasteiger partial charge in [0.15, 0.2) is 0 Å². The van der Waals surface area contributed by atoms with Crippen molar-refractivity contribution >= 4 is 17.9 Å². The molecule has 0 aliphatic rings. The molecular weight excluding hydrogens is 320 g/mol. The highest BCUT2D eigenvalue weighted by Gasteiger charge is 2.22. The molecule has 0 saturated carbocycles. The lowest BCUT2D eigenvalue weighted by Gasteiger charge is -2.31. The molecule has 0 rings (SSSR count). The Morgan fingerprint density at radius 2 is 1.29 bits per heavy atom. The van der Waals surface area contributed by atoms with Gasteiger partial charge in [-0.05, 0) is 6.42 Å². The van der Waals surface area contributed by atoms with Crippen LogP contribution in [0.2, 0.25) is 0 Å². The summed E-state index contributed by atoms with van der Waals surface area (Å²) in [5.74, 6) is -3.74.